The average molecular weight is 195 g/mol. The summed E-state index contributed by atoms with van der Waals surface area (Å²) >= 11 is 0. The van der Waals surface area contributed by atoms with E-state index in [4.69, 9.17) is 0 Å². The Morgan fingerprint density at radius 2 is 2.00 bits per heavy atom. The summed E-state index contributed by atoms with van der Waals surface area (Å²) in [4.78, 5) is 10.7. The van der Waals surface area contributed by atoms with Gasteiger partial charge in [0.05, 0.1) is 12.9 Å². The van der Waals surface area contributed by atoms with Crippen LogP contribution in [0.5, 0.6) is 0 Å². The zero-order chi connectivity index (χ0) is 9.78. The van der Waals surface area contributed by atoms with Crippen LogP contribution in [0.4, 0.5) is 4.79 Å². The molecule has 1 amide bonds. The Bertz CT molecular complexity index is 244. The molecule has 0 aliphatic heterocycles. The van der Waals surface area contributed by atoms with E-state index in [2.05, 4.69) is 4.74 Å². The number of carbonyl (C=O) groups excluding carboxylic acids is 1. The molecule has 0 fully saturated rings. The maximum absolute atomic E-state index is 10.7. The highest BCUT2D eigenvalue weighted by atomic mass is 32.2. The van der Waals surface area contributed by atoms with Gasteiger partial charge < -0.3 is 4.74 Å². The Balaban J connectivity index is 3.77. The fourth-order valence-corrected chi connectivity index (χ4v) is 0.785. The minimum atomic E-state index is -3.50. The Hall–Kier alpha value is -0.780. The molecule has 0 bridgehead atoms. The Morgan fingerprint density at radius 3 is 2.33 bits per heavy atom. The molecular formula is C6H13NO4S. The fourth-order valence-electron chi connectivity index (χ4n) is 0.423. The summed E-state index contributed by atoms with van der Waals surface area (Å²) in [6.07, 6.45) is -0.0323. The second-order valence-electron chi connectivity index (χ2n) is 2.87. The maximum atomic E-state index is 10.7. The van der Waals surface area contributed by atoms with Crippen LogP contribution in [-0.4, -0.2) is 27.4 Å². The van der Waals surface area contributed by atoms with Crippen LogP contribution in [-0.2, 0) is 14.8 Å². The first-order valence-corrected chi connectivity index (χ1v) is 5.35. The summed E-state index contributed by atoms with van der Waals surface area (Å²) in [6.45, 7) is 3.92. The van der Waals surface area contributed by atoms with Gasteiger partial charge in [0.1, 0.15) is 0 Å². The van der Waals surface area contributed by atoms with Gasteiger partial charge in [-0.1, -0.05) is 13.8 Å². The van der Waals surface area contributed by atoms with E-state index in [-0.39, 0.29) is 12.5 Å². The number of hydrogen-bond donors (Lipinski definition) is 1. The highest BCUT2D eigenvalue weighted by Gasteiger charge is 2.09. The first-order chi connectivity index (χ1) is 5.31. The largest absolute Gasteiger partial charge is 0.449 e. The smallest absolute Gasteiger partial charge is 0.420 e. The molecule has 0 rings (SSSR count). The lowest BCUT2D eigenvalue weighted by molar-refractivity contribution is 0.139. The number of hydrogen-bond acceptors (Lipinski definition) is 4. The van der Waals surface area contributed by atoms with Gasteiger partial charge in [0.25, 0.3) is 0 Å². The van der Waals surface area contributed by atoms with Gasteiger partial charge in [-0.3, -0.25) is 0 Å². The van der Waals surface area contributed by atoms with Crippen molar-refractivity contribution in [1.82, 2.24) is 4.72 Å². The van der Waals surface area contributed by atoms with Gasteiger partial charge in [0.15, 0.2) is 0 Å². The molecule has 72 valence electrons. The number of rotatable bonds is 3. The molecule has 0 aromatic heterocycles. The third-order valence-corrected chi connectivity index (χ3v) is 1.35. The predicted octanol–water partition coefficient (Wildman–Crippen LogP) is 0.328. The van der Waals surface area contributed by atoms with Crippen molar-refractivity contribution in [2.75, 3.05) is 12.9 Å². The Morgan fingerprint density at radius 1 is 1.50 bits per heavy atom. The monoisotopic (exact) mass is 195 g/mol. The number of ether oxygens (including phenoxy) is 1. The van der Waals surface area contributed by atoms with E-state index in [9.17, 15) is 13.2 Å². The standard InChI is InChI=1S/C6H13NO4S/c1-5(2)4-11-6(8)7-12(3,9)10/h5H,4H2,1-3H3,(H,7,8). The van der Waals surface area contributed by atoms with Crippen LogP contribution in [0.1, 0.15) is 13.8 Å². The van der Waals surface area contributed by atoms with E-state index in [1.54, 1.807) is 4.72 Å². The topological polar surface area (TPSA) is 72.5 Å². The molecule has 0 aromatic carbocycles. The summed E-state index contributed by atoms with van der Waals surface area (Å²) in [5.41, 5.74) is 0. The van der Waals surface area contributed by atoms with Gasteiger partial charge >= 0.3 is 6.09 Å². The van der Waals surface area contributed by atoms with Crippen LogP contribution in [0.3, 0.4) is 0 Å². The molecular weight excluding hydrogens is 182 g/mol. The molecule has 0 saturated heterocycles. The molecule has 1 N–H and O–H groups in total. The molecule has 0 atom stereocenters. The van der Waals surface area contributed by atoms with Gasteiger partial charge in [-0.25, -0.2) is 17.9 Å². The fraction of sp³-hybridized carbons (Fsp3) is 0.833. The molecule has 0 aliphatic rings. The molecule has 0 radical (unpaired) electrons. The summed E-state index contributed by atoms with van der Waals surface area (Å²) in [5.74, 6) is 0.190. The highest BCUT2D eigenvalue weighted by molar-refractivity contribution is 7.89. The van der Waals surface area contributed by atoms with E-state index in [1.807, 2.05) is 13.8 Å². The first kappa shape index (κ1) is 11.2. The van der Waals surface area contributed by atoms with E-state index in [0.717, 1.165) is 6.26 Å². The summed E-state index contributed by atoms with van der Waals surface area (Å²) < 4.78 is 27.2. The molecule has 0 aliphatic carbocycles. The maximum Gasteiger partial charge on any atom is 0.420 e. The first-order valence-electron chi connectivity index (χ1n) is 3.46. The second kappa shape index (κ2) is 4.30. The highest BCUT2D eigenvalue weighted by Crippen LogP contribution is 1.92. The van der Waals surface area contributed by atoms with Crippen molar-refractivity contribution in [3.05, 3.63) is 0 Å². The molecule has 12 heavy (non-hydrogen) atoms. The summed E-state index contributed by atoms with van der Waals surface area (Å²) in [5, 5.41) is 0. The predicted molar refractivity (Wildman–Crippen MR) is 44.2 cm³/mol. The zero-order valence-corrected chi connectivity index (χ0v) is 8.14. The Labute approximate surface area is 72.1 Å². The van der Waals surface area contributed by atoms with E-state index >= 15 is 0 Å². The number of amides is 1. The van der Waals surface area contributed by atoms with Crippen LogP contribution in [0.15, 0.2) is 0 Å². The van der Waals surface area contributed by atoms with Crippen molar-refractivity contribution in [3.63, 3.8) is 0 Å². The quantitative estimate of drug-likeness (QED) is 0.704. The summed E-state index contributed by atoms with van der Waals surface area (Å²) in [7, 11) is -3.50. The average Bonchev–Trinajstić information content (AvgIpc) is 1.79. The minimum absolute atomic E-state index is 0.190. The summed E-state index contributed by atoms with van der Waals surface area (Å²) in [6, 6.07) is 0. The lowest BCUT2D eigenvalue weighted by atomic mass is 10.2. The number of carbonyl (C=O) groups is 1. The molecule has 6 heteroatoms. The van der Waals surface area contributed by atoms with E-state index in [0.29, 0.717) is 0 Å². The van der Waals surface area contributed by atoms with Crippen molar-refractivity contribution in [3.8, 4) is 0 Å². The molecule has 5 nitrogen and oxygen atoms in total. The lowest BCUT2D eigenvalue weighted by Crippen LogP contribution is -2.30. The van der Waals surface area contributed by atoms with Gasteiger partial charge in [0.2, 0.25) is 10.0 Å². The molecule has 0 unspecified atom stereocenters. The SMILES string of the molecule is CC(C)COC(=O)NS(C)(=O)=O. The van der Waals surface area contributed by atoms with Crippen LogP contribution in [0, 0.1) is 5.92 Å². The molecule has 0 aromatic rings. The van der Waals surface area contributed by atoms with Gasteiger partial charge in [0, 0.05) is 0 Å². The third kappa shape index (κ3) is 7.33. The van der Waals surface area contributed by atoms with Crippen molar-refractivity contribution in [2.24, 2.45) is 5.92 Å². The second-order valence-corrected chi connectivity index (χ2v) is 4.61. The van der Waals surface area contributed by atoms with Crippen LogP contribution < -0.4 is 4.72 Å². The van der Waals surface area contributed by atoms with Crippen LogP contribution in [0.25, 0.3) is 0 Å². The van der Waals surface area contributed by atoms with Gasteiger partial charge in [-0.2, -0.15) is 0 Å². The third-order valence-electron chi connectivity index (χ3n) is 0.816. The normalized spacial score (nSPS) is 11.3. The molecule has 0 spiro atoms. The van der Waals surface area contributed by atoms with Crippen molar-refractivity contribution < 1.29 is 17.9 Å². The molecule has 0 saturated carbocycles. The van der Waals surface area contributed by atoms with Gasteiger partial charge in [-0.05, 0) is 5.92 Å². The van der Waals surface area contributed by atoms with Crippen LogP contribution >= 0.6 is 0 Å². The van der Waals surface area contributed by atoms with E-state index in [1.165, 1.54) is 0 Å². The Kier molecular flexibility index (Phi) is 4.02. The zero-order valence-electron chi connectivity index (χ0n) is 7.33. The lowest BCUT2D eigenvalue weighted by Gasteiger charge is -2.06. The van der Waals surface area contributed by atoms with Gasteiger partial charge in [-0.15, -0.1) is 0 Å². The van der Waals surface area contributed by atoms with Crippen LogP contribution in [0.2, 0.25) is 0 Å². The number of nitrogens with one attached hydrogen (secondary N) is 1. The van der Waals surface area contributed by atoms with Crippen molar-refractivity contribution in [2.45, 2.75) is 13.8 Å². The molecule has 0 heterocycles. The van der Waals surface area contributed by atoms with Crippen molar-refractivity contribution >= 4 is 16.1 Å². The van der Waals surface area contributed by atoms with Crippen molar-refractivity contribution in [1.29, 1.82) is 0 Å². The van der Waals surface area contributed by atoms with E-state index < -0.39 is 16.1 Å². The number of sulfonamides is 1. The minimum Gasteiger partial charge on any atom is -0.449 e.